The van der Waals surface area contributed by atoms with Crippen molar-refractivity contribution in [2.45, 2.75) is 46.2 Å². The fourth-order valence-corrected chi connectivity index (χ4v) is 3.51. The molecule has 0 unspecified atom stereocenters. The van der Waals surface area contributed by atoms with Gasteiger partial charge in [0.1, 0.15) is 5.82 Å². The van der Waals surface area contributed by atoms with Crippen molar-refractivity contribution < 1.29 is 4.79 Å². The number of rotatable bonds is 8. The molecule has 0 fully saturated rings. The lowest BCUT2D eigenvalue weighted by molar-refractivity contribution is 0.0932. The molecule has 0 bridgehead atoms. The molecule has 2 aromatic heterocycles. The number of carbonyl (C=O) groups is 1. The molecule has 1 amide bonds. The standard InChI is InChI=1S/C23H26N8O/c1-4-13-31-20(25-22(28-31)23(32)24-15(2)3)14-16-9-11-17(12-10-16)18-7-5-6-8-19(18)21-26-29-30-27-21/h5-12,15H,4,13-14H2,1-3H3,(H,24,32)(H,26,27,29,30). The zero-order valence-electron chi connectivity index (χ0n) is 18.4. The number of aryl methyl sites for hydroxylation is 1. The smallest absolute Gasteiger partial charge is 0.291 e. The molecule has 2 aromatic carbocycles. The number of amides is 1. The predicted octanol–water partition coefficient (Wildman–Crippen LogP) is 3.26. The van der Waals surface area contributed by atoms with Crippen LogP contribution in [0.5, 0.6) is 0 Å². The molecule has 0 saturated carbocycles. The molecule has 0 aliphatic carbocycles. The lowest BCUT2D eigenvalue weighted by Gasteiger charge is -2.08. The third-order valence-corrected chi connectivity index (χ3v) is 4.95. The van der Waals surface area contributed by atoms with Crippen molar-refractivity contribution in [3.63, 3.8) is 0 Å². The summed E-state index contributed by atoms with van der Waals surface area (Å²) >= 11 is 0. The van der Waals surface area contributed by atoms with E-state index in [1.165, 1.54) is 0 Å². The minimum atomic E-state index is -0.246. The van der Waals surface area contributed by atoms with E-state index in [9.17, 15) is 4.79 Å². The van der Waals surface area contributed by atoms with E-state index in [4.69, 9.17) is 0 Å². The van der Waals surface area contributed by atoms with Gasteiger partial charge in [-0.2, -0.15) is 5.21 Å². The van der Waals surface area contributed by atoms with Crippen LogP contribution >= 0.6 is 0 Å². The molecular weight excluding hydrogens is 404 g/mol. The van der Waals surface area contributed by atoms with Crippen LogP contribution in [-0.4, -0.2) is 47.3 Å². The maximum Gasteiger partial charge on any atom is 0.291 e. The van der Waals surface area contributed by atoms with Crippen molar-refractivity contribution in [2.24, 2.45) is 0 Å². The summed E-state index contributed by atoms with van der Waals surface area (Å²) in [5.41, 5.74) is 4.09. The first kappa shape index (κ1) is 21.4. The fourth-order valence-electron chi connectivity index (χ4n) is 3.51. The summed E-state index contributed by atoms with van der Waals surface area (Å²) in [5.74, 6) is 1.31. The van der Waals surface area contributed by atoms with Crippen LogP contribution in [0.25, 0.3) is 22.5 Å². The topological polar surface area (TPSA) is 114 Å². The van der Waals surface area contributed by atoms with Crippen molar-refractivity contribution in [1.29, 1.82) is 0 Å². The van der Waals surface area contributed by atoms with Gasteiger partial charge >= 0.3 is 0 Å². The van der Waals surface area contributed by atoms with Crippen molar-refractivity contribution in [3.8, 4) is 22.5 Å². The molecule has 0 aliphatic rings. The minimum Gasteiger partial charge on any atom is -0.347 e. The maximum absolute atomic E-state index is 12.3. The summed E-state index contributed by atoms with van der Waals surface area (Å²) in [5, 5.41) is 21.7. The van der Waals surface area contributed by atoms with Gasteiger partial charge in [-0.3, -0.25) is 4.79 Å². The predicted molar refractivity (Wildman–Crippen MR) is 121 cm³/mol. The Hall–Kier alpha value is -3.88. The number of tetrazole rings is 1. The molecule has 4 aromatic rings. The van der Waals surface area contributed by atoms with Crippen molar-refractivity contribution in [3.05, 3.63) is 65.7 Å². The van der Waals surface area contributed by atoms with E-state index in [0.717, 1.165) is 34.5 Å². The van der Waals surface area contributed by atoms with E-state index in [-0.39, 0.29) is 17.8 Å². The summed E-state index contributed by atoms with van der Waals surface area (Å²) in [6, 6.07) is 16.3. The Morgan fingerprint density at radius 3 is 2.50 bits per heavy atom. The van der Waals surface area contributed by atoms with Crippen LogP contribution in [0.3, 0.4) is 0 Å². The van der Waals surface area contributed by atoms with Gasteiger partial charge in [0.25, 0.3) is 5.91 Å². The number of nitrogens with one attached hydrogen (secondary N) is 2. The van der Waals surface area contributed by atoms with Gasteiger partial charge in [-0.05, 0) is 42.2 Å². The largest absolute Gasteiger partial charge is 0.347 e. The first-order valence-corrected chi connectivity index (χ1v) is 10.7. The van der Waals surface area contributed by atoms with E-state index in [1.807, 2.05) is 42.8 Å². The number of hydrogen-bond acceptors (Lipinski definition) is 6. The molecule has 9 heteroatoms. The highest BCUT2D eigenvalue weighted by atomic mass is 16.2. The van der Waals surface area contributed by atoms with Crippen molar-refractivity contribution in [1.82, 2.24) is 40.7 Å². The SMILES string of the molecule is CCCn1nc(C(=O)NC(C)C)nc1Cc1ccc(-c2ccccc2-c2nn[nH]n2)cc1. The molecule has 0 saturated heterocycles. The molecule has 9 nitrogen and oxygen atoms in total. The number of hydrogen-bond donors (Lipinski definition) is 2. The second kappa shape index (κ2) is 9.51. The first-order chi connectivity index (χ1) is 15.5. The maximum atomic E-state index is 12.3. The van der Waals surface area contributed by atoms with Crippen LogP contribution in [0.15, 0.2) is 48.5 Å². The van der Waals surface area contributed by atoms with Gasteiger partial charge in [-0.15, -0.1) is 15.3 Å². The van der Waals surface area contributed by atoms with Crippen LogP contribution in [0.4, 0.5) is 0 Å². The van der Waals surface area contributed by atoms with Gasteiger partial charge in [0.15, 0.2) is 0 Å². The van der Waals surface area contributed by atoms with Crippen LogP contribution in [-0.2, 0) is 13.0 Å². The summed E-state index contributed by atoms with van der Waals surface area (Å²) in [6.45, 7) is 6.63. The van der Waals surface area contributed by atoms with Gasteiger partial charge in [-0.25, -0.2) is 9.67 Å². The molecule has 2 heterocycles. The summed E-state index contributed by atoms with van der Waals surface area (Å²) in [4.78, 5) is 16.9. The van der Waals surface area contributed by atoms with Crippen LogP contribution in [0.2, 0.25) is 0 Å². The van der Waals surface area contributed by atoms with E-state index in [0.29, 0.717) is 18.8 Å². The Kier molecular flexibility index (Phi) is 6.34. The fraction of sp³-hybridized carbons (Fsp3) is 0.304. The molecular formula is C23H26N8O. The zero-order valence-corrected chi connectivity index (χ0v) is 18.4. The van der Waals surface area contributed by atoms with Crippen LogP contribution in [0, 0.1) is 0 Å². The average Bonchev–Trinajstić information content (AvgIpc) is 3.45. The Balaban J connectivity index is 1.58. The quantitative estimate of drug-likeness (QED) is 0.443. The number of aromatic nitrogens is 7. The van der Waals surface area contributed by atoms with E-state index in [2.05, 4.69) is 67.2 Å². The van der Waals surface area contributed by atoms with E-state index < -0.39 is 0 Å². The highest BCUT2D eigenvalue weighted by molar-refractivity contribution is 5.90. The van der Waals surface area contributed by atoms with E-state index in [1.54, 1.807) is 0 Å². The summed E-state index contributed by atoms with van der Waals surface area (Å²) in [6.07, 6.45) is 1.50. The molecule has 2 N–H and O–H groups in total. The number of nitrogens with zero attached hydrogens (tertiary/aromatic N) is 6. The molecule has 0 atom stereocenters. The third kappa shape index (κ3) is 4.72. The first-order valence-electron chi connectivity index (χ1n) is 10.7. The molecule has 4 rings (SSSR count). The Bertz CT molecular complexity index is 1180. The van der Waals surface area contributed by atoms with Crippen molar-refractivity contribution in [2.75, 3.05) is 0 Å². The van der Waals surface area contributed by atoms with Crippen molar-refractivity contribution >= 4 is 5.91 Å². The number of carbonyl (C=O) groups excluding carboxylic acids is 1. The van der Waals surface area contributed by atoms with Crippen LogP contribution in [0.1, 0.15) is 49.2 Å². The van der Waals surface area contributed by atoms with Gasteiger partial charge in [0, 0.05) is 24.6 Å². The highest BCUT2D eigenvalue weighted by Crippen LogP contribution is 2.29. The average molecular weight is 431 g/mol. The number of H-pyrrole nitrogens is 1. The Labute approximate surface area is 186 Å². The zero-order chi connectivity index (χ0) is 22.5. The van der Waals surface area contributed by atoms with Crippen LogP contribution < -0.4 is 5.32 Å². The molecule has 0 spiro atoms. The normalized spacial score (nSPS) is 11.1. The Morgan fingerprint density at radius 1 is 1.09 bits per heavy atom. The molecule has 0 aliphatic heterocycles. The summed E-state index contributed by atoms with van der Waals surface area (Å²) in [7, 11) is 0. The van der Waals surface area contributed by atoms with Gasteiger partial charge in [0.2, 0.25) is 11.6 Å². The Morgan fingerprint density at radius 2 is 1.84 bits per heavy atom. The highest BCUT2D eigenvalue weighted by Gasteiger charge is 2.17. The lowest BCUT2D eigenvalue weighted by Crippen LogP contribution is -2.31. The molecule has 32 heavy (non-hydrogen) atoms. The lowest BCUT2D eigenvalue weighted by atomic mass is 9.98. The molecule has 164 valence electrons. The third-order valence-electron chi connectivity index (χ3n) is 4.95. The monoisotopic (exact) mass is 430 g/mol. The second-order valence-corrected chi connectivity index (χ2v) is 7.86. The minimum absolute atomic E-state index is 0.0342. The van der Waals surface area contributed by atoms with E-state index >= 15 is 0 Å². The number of benzene rings is 2. The summed E-state index contributed by atoms with van der Waals surface area (Å²) < 4.78 is 1.83. The van der Waals surface area contributed by atoms with Gasteiger partial charge < -0.3 is 5.32 Å². The van der Waals surface area contributed by atoms with Gasteiger partial charge in [0.05, 0.1) is 0 Å². The number of aromatic amines is 1. The molecule has 0 radical (unpaired) electrons. The second-order valence-electron chi connectivity index (χ2n) is 7.86. The van der Waals surface area contributed by atoms with Gasteiger partial charge in [-0.1, -0.05) is 55.5 Å².